The van der Waals surface area contributed by atoms with Crippen molar-refractivity contribution in [3.05, 3.63) is 63.2 Å². The Morgan fingerprint density at radius 3 is 2.26 bits per heavy atom. The lowest BCUT2D eigenvalue weighted by Crippen LogP contribution is -2.04. The molecule has 0 bridgehead atoms. The van der Waals surface area contributed by atoms with Crippen LogP contribution < -0.4 is 5.73 Å². The van der Waals surface area contributed by atoms with E-state index in [2.05, 4.69) is 0 Å². The van der Waals surface area contributed by atoms with Crippen LogP contribution in [0.2, 0.25) is 5.02 Å². The van der Waals surface area contributed by atoms with E-state index in [0.29, 0.717) is 21.8 Å². The summed E-state index contributed by atoms with van der Waals surface area (Å²) in [6, 6.07) is 8.94. The van der Waals surface area contributed by atoms with Crippen LogP contribution in [-0.4, -0.2) is 5.78 Å². The number of anilines is 1. The largest absolute Gasteiger partial charge is 0.399 e. The number of hydrogen-bond donors (Lipinski definition) is 1. The summed E-state index contributed by atoms with van der Waals surface area (Å²) in [4.78, 5) is 12.5. The lowest BCUT2D eigenvalue weighted by Gasteiger charge is -2.09. The van der Waals surface area contributed by atoms with E-state index < -0.39 is 0 Å². The maximum atomic E-state index is 12.5. The fourth-order valence-corrected chi connectivity index (χ4v) is 2.23. The van der Waals surface area contributed by atoms with Crippen LogP contribution in [0, 0.1) is 20.8 Å². The van der Waals surface area contributed by atoms with Gasteiger partial charge >= 0.3 is 0 Å². The Kier molecular flexibility index (Phi) is 3.63. The minimum Gasteiger partial charge on any atom is -0.399 e. The quantitative estimate of drug-likeness (QED) is 0.662. The monoisotopic (exact) mass is 273 g/mol. The summed E-state index contributed by atoms with van der Waals surface area (Å²) >= 11 is 6.17. The van der Waals surface area contributed by atoms with Crippen LogP contribution in [0.5, 0.6) is 0 Å². The number of carbonyl (C=O) groups excluding carboxylic acids is 1. The fraction of sp³-hybridized carbons (Fsp3) is 0.188. The smallest absolute Gasteiger partial charge is 0.194 e. The van der Waals surface area contributed by atoms with Crippen LogP contribution in [0.4, 0.5) is 5.69 Å². The lowest BCUT2D eigenvalue weighted by atomic mass is 9.98. The van der Waals surface area contributed by atoms with Crippen LogP contribution in [0.15, 0.2) is 30.3 Å². The van der Waals surface area contributed by atoms with Gasteiger partial charge in [-0.05, 0) is 67.8 Å². The molecule has 98 valence electrons. The second kappa shape index (κ2) is 5.06. The molecule has 2 aromatic rings. The average molecular weight is 274 g/mol. The normalized spacial score (nSPS) is 10.5. The summed E-state index contributed by atoms with van der Waals surface area (Å²) in [5.74, 6) is -0.0730. The maximum absolute atomic E-state index is 12.5. The highest BCUT2D eigenvalue weighted by Crippen LogP contribution is 2.24. The molecule has 0 saturated carbocycles. The first kappa shape index (κ1) is 13.6. The van der Waals surface area contributed by atoms with Gasteiger partial charge in [-0.15, -0.1) is 0 Å². The van der Waals surface area contributed by atoms with Gasteiger partial charge in [0.25, 0.3) is 0 Å². The minimum absolute atomic E-state index is 0.0730. The molecule has 0 saturated heterocycles. The SMILES string of the molecule is Cc1cc(Cl)c(C(=O)c2ccc(N)c(C)c2)cc1C. The van der Waals surface area contributed by atoms with Gasteiger partial charge in [0.05, 0.1) is 5.02 Å². The Morgan fingerprint density at radius 1 is 1.00 bits per heavy atom. The molecule has 0 aromatic heterocycles. The molecule has 19 heavy (non-hydrogen) atoms. The summed E-state index contributed by atoms with van der Waals surface area (Å²) in [5, 5.41) is 0.488. The molecule has 0 fully saturated rings. The van der Waals surface area contributed by atoms with Gasteiger partial charge in [0.15, 0.2) is 5.78 Å². The van der Waals surface area contributed by atoms with Crippen molar-refractivity contribution in [2.45, 2.75) is 20.8 Å². The van der Waals surface area contributed by atoms with Gasteiger partial charge in [0.2, 0.25) is 0 Å². The van der Waals surface area contributed by atoms with Gasteiger partial charge in [-0.25, -0.2) is 0 Å². The minimum atomic E-state index is -0.0730. The van der Waals surface area contributed by atoms with Crippen molar-refractivity contribution < 1.29 is 4.79 Å². The van der Waals surface area contributed by atoms with E-state index in [9.17, 15) is 4.79 Å². The van der Waals surface area contributed by atoms with E-state index in [4.69, 9.17) is 17.3 Å². The Bertz CT molecular complexity index is 662. The number of carbonyl (C=O) groups is 1. The molecule has 0 unspecified atom stereocenters. The van der Waals surface area contributed by atoms with Crippen LogP contribution in [-0.2, 0) is 0 Å². The first-order valence-corrected chi connectivity index (χ1v) is 6.45. The van der Waals surface area contributed by atoms with Crippen LogP contribution in [0.25, 0.3) is 0 Å². The third-order valence-electron chi connectivity index (χ3n) is 3.36. The molecule has 2 rings (SSSR count). The molecule has 3 heteroatoms. The van der Waals surface area contributed by atoms with E-state index >= 15 is 0 Å². The zero-order chi connectivity index (χ0) is 14.2. The highest BCUT2D eigenvalue weighted by Gasteiger charge is 2.14. The molecule has 0 radical (unpaired) electrons. The number of halogens is 1. The van der Waals surface area contributed by atoms with Gasteiger partial charge in [-0.3, -0.25) is 4.79 Å². The second-order valence-electron chi connectivity index (χ2n) is 4.82. The molecular weight excluding hydrogens is 258 g/mol. The summed E-state index contributed by atoms with van der Waals surface area (Å²) in [6.07, 6.45) is 0. The number of aryl methyl sites for hydroxylation is 3. The van der Waals surface area contributed by atoms with Crippen molar-refractivity contribution in [3.8, 4) is 0 Å². The zero-order valence-corrected chi connectivity index (χ0v) is 12.0. The number of hydrogen-bond acceptors (Lipinski definition) is 2. The van der Waals surface area contributed by atoms with Crippen molar-refractivity contribution in [2.75, 3.05) is 5.73 Å². The zero-order valence-electron chi connectivity index (χ0n) is 11.3. The third-order valence-corrected chi connectivity index (χ3v) is 3.67. The third kappa shape index (κ3) is 2.64. The van der Waals surface area contributed by atoms with Crippen LogP contribution in [0.1, 0.15) is 32.6 Å². The predicted molar refractivity (Wildman–Crippen MR) is 79.9 cm³/mol. The van der Waals surface area contributed by atoms with E-state index in [1.54, 1.807) is 18.2 Å². The molecule has 0 spiro atoms. The molecule has 0 aliphatic heterocycles. The molecular formula is C16H16ClNO. The molecule has 0 aliphatic rings. The first-order chi connectivity index (χ1) is 8.90. The molecule has 0 amide bonds. The average Bonchev–Trinajstić information content (AvgIpc) is 2.36. The topological polar surface area (TPSA) is 43.1 Å². The maximum Gasteiger partial charge on any atom is 0.194 e. The van der Waals surface area contributed by atoms with Crippen molar-refractivity contribution in [1.82, 2.24) is 0 Å². The summed E-state index contributed by atoms with van der Waals surface area (Å²) in [7, 11) is 0. The summed E-state index contributed by atoms with van der Waals surface area (Å²) in [5.41, 5.74) is 10.6. The van der Waals surface area contributed by atoms with E-state index in [1.165, 1.54) is 0 Å². The number of nitrogens with two attached hydrogens (primary N) is 1. The van der Waals surface area contributed by atoms with Crippen molar-refractivity contribution in [2.24, 2.45) is 0 Å². The summed E-state index contributed by atoms with van der Waals surface area (Å²) in [6.45, 7) is 5.83. The molecule has 0 aliphatic carbocycles. The van der Waals surface area contributed by atoms with E-state index in [0.717, 1.165) is 16.7 Å². The van der Waals surface area contributed by atoms with Gasteiger partial charge < -0.3 is 5.73 Å². The number of nitrogen functional groups attached to an aromatic ring is 1. The van der Waals surface area contributed by atoms with Crippen LogP contribution in [0.3, 0.4) is 0 Å². The lowest BCUT2D eigenvalue weighted by molar-refractivity contribution is 0.103. The molecule has 0 atom stereocenters. The van der Waals surface area contributed by atoms with E-state index in [1.807, 2.05) is 32.9 Å². The first-order valence-electron chi connectivity index (χ1n) is 6.07. The van der Waals surface area contributed by atoms with Gasteiger partial charge in [-0.2, -0.15) is 0 Å². The Balaban J connectivity index is 2.49. The van der Waals surface area contributed by atoms with Crippen molar-refractivity contribution in [1.29, 1.82) is 0 Å². The highest BCUT2D eigenvalue weighted by molar-refractivity contribution is 6.35. The van der Waals surface area contributed by atoms with Crippen molar-refractivity contribution >= 4 is 23.1 Å². The molecule has 2 nitrogen and oxygen atoms in total. The second-order valence-corrected chi connectivity index (χ2v) is 5.22. The predicted octanol–water partition coefficient (Wildman–Crippen LogP) is 4.08. The Hall–Kier alpha value is -1.80. The Labute approximate surface area is 118 Å². The van der Waals surface area contributed by atoms with Crippen molar-refractivity contribution in [3.63, 3.8) is 0 Å². The van der Waals surface area contributed by atoms with Gasteiger partial charge in [-0.1, -0.05) is 11.6 Å². The fourth-order valence-electron chi connectivity index (χ4n) is 1.93. The number of rotatable bonds is 2. The van der Waals surface area contributed by atoms with Crippen LogP contribution >= 0.6 is 11.6 Å². The summed E-state index contributed by atoms with van der Waals surface area (Å²) < 4.78 is 0. The molecule has 2 aromatic carbocycles. The van der Waals surface area contributed by atoms with Gasteiger partial charge in [0.1, 0.15) is 0 Å². The molecule has 0 heterocycles. The Morgan fingerprint density at radius 2 is 1.63 bits per heavy atom. The highest BCUT2D eigenvalue weighted by atomic mass is 35.5. The van der Waals surface area contributed by atoms with E-state index in [-0.39, 0.29) is 5.78 Å². The standard InChI is InChI=1S/C16H16ClNO/c1-9-7-13(14(17)8-10(9)2)16(19)12-4-5-15(18)11(3)6-12/h4-8H,18H2,1-3H3. The number of benzene rings is 2. The van der Waals surface area contributed by atoms with Gasteiger partial charge in [0, 0.05) is 16.8 Å². The number of ketones is 1. The molecule has 2 N–H and O–H groups in total.